The fourth-order valence-electron chi connectivity index (χ4n) is 4.24. The number of aromatic nitrogens is 1. The van der Waals surface area contributed by atoms with Gasteiger partial charge in [-0.25, -0.2) is 13.2 Å². The number of hydrogen-bond acceptors (Lipinski definition) is 4. The van der Waals surface area contributed by atoms with E-state index in [-0.39, 0.29) is 31.7 Å². The van der Waals surface area contributed by atoms with Crippen LogP contribution < -0.4 is 4.74 Å². The van der Waals surface area contributed by atoms with Gasteiger partial charge in [-0.05, 0) is 42.0 Å². The summed E-state index contributed by atoms with van der Waals surface area (Å²) >= 11 is 0. The van der Waals surface area contributed by atoms with Crippen LogP contribution >= 0.6 is 0 Å². The Morgan fingerprint density at radius 1 is 1.07 bits per heavy atom. The Hall–Kier alpha value is -2.64. The van der Waals surface area contributed by atoms with E-state index < -0.39 is 11.5 Å². The van der Waals surface area contributed by atoms with Crippen LogP contribution in [0.4, 0.5) is 13.2 Å². The van der Waals surface area contributed by atoms with E-state index in [4.69, 9.17) is 4.74 Å². The molecule has 1 unspecified atom stereocenters. The molecule has 0 bridgehead atoms. The standard InChI is InChI=1S/C22H19F3N2O2/c23-16-4-1-14(2-5-16)20-19-17(7-10-26-20)29-18-6-3-15(22(18,19)28)13-27-11-8-21(24,25)9-12-27/h1-7,10,28H,8-9,11-13H2. The molecule has 2 aromatic rings. The van der Waals surface area contributed by atoms with Crippen LogP contribution in [0.15, 0.2) is 60.0 Å². The number of hydrogen-bond donors (Lipinski definition) is 1. The highest BCUT2D eigenvalue weighted by atomic mass is 19.3. The Morgan fingerprint density at radius 2 is 1.79 bits per heavy atom. The van der Waals surface area contributed by atoms with E-state index in [9.17, 15) is 18.3 Å². The highest BCUT2D eigenvalue weighted by molar-refractivity contribution is 5.73. The average molecular weight is 400 g/mol. The molecule has 0 saturated carbocycles. The van der Waals surface area contributed by atoms with E-state index in [0.29, 0.717) is 40.4 Å². The van der Waals surface area contributed by atoms with Gasteiger partial charge in [0.2, 0.25) is 0 Å². The number of rotatable bonds is 3. The number of piperidine rings is 1. The highest BCUT2D eigenvalue weighted by Gasteiger charge is 2.51. The van der Waals surface area contributed by atoms with Crippen molar-refractivity contribution < 1.29 is 23.0 Å². The number of fused-ring (bicyclic) bond motifs is 3. The van der Waals surface area contributed by atoms with Gasteiger partial charge in [0.05, 0.1) is 11.3 Å². The van der Waals surface area contributed by atoms with Gasteiger partial charge in [0, 0.05) is 44.2 Å². The number of benzene rings is 1. The van der Waals surface area contributed by atoms with Gasteiger partial charge < -0.3 is 9.84 Å². The molecule has 2 aliphatic heterocycles. The van der Waals surface area contributed by atoms with Gasteiger partial charge in [0.25, 0.3) is 5.92 Å². The molecule has 1 aliphatic carbocycles. The predicted octanol–water partition coefficient (Wildman–Crippen LogP) is 4.02. The van der Waals surface area contributed by atoms with Crippen molar-refractivity contribution in [2.45, 2.75) is 24.4 Å². The fourth-order valence-corrected chi connectivity index (χ4v) is 4.24. The number of aliphatic hydroxyl groups is 1. The number of nitrogens with zero attached hydrogens (tertiary/aromatic N) is 2. The van der Waals surface area contributed by atoms with Gasteiger partial charge in [0.15, 0.2) is 5.60 Å². The Bertz CT molecular complexity index is 1020. The molecule has 29 heavy (non-hydrogen) atoms. The molecule has 0 spiro atoms. The second-order valence-electron chi connectivity index (χ2n) is 7.71. The van der Waals surface area contributed by atoms with Gasteiger partial charge in [-0.1, -0.05) is 6.08 Å². The molecule has 5 rings (SSSR count). The number of ether oxygens (including phenoxy) is 1. The maximum absolute atomic E-state index is 13.5. The van der Waals surface area contributed by atoms with E-state index in [1.165, 1.54) is 12.1 Å². The number of halogens is 3. The van der Waals surface area contributed by atoms with Gasteiger partial charge in [-0.3, -0.25) is 9.88 Å². The maximum atomic E-state index is 13.5. The van der Waals surface area contributed by atoms with Crippen LogP contribution in [0.3, 0.4) is 0 Å². The summed E-state index contributed by atoms with van der Waals surface area (Å²) in [4.78, 5) is 6.35. The van der Waals surface area contributed by atoms with Crippen LogP contribution in [-0.4, -0.2) is 40.5 Å². The summed E-state index contributed by atoms with van der Waals surface area (Å²) in [6.07, 6.45) is 4.70. The topological polar surface area (TPSA) is 45.6 Å². The van der Waals surface area contributed by atoms with Crippen LogP contribution in [-0.2, 0) is 5.60 Å². The van der Waals surface area contributed by atoms with E-state index in [2.05, 4.69) is 4.98 Å². The van der Waals surface area contributed by atoms with E-state index >= 15 is 0 Å². The monoisotopic (exact) mass is 400 g/mol. The van der Waals surface area contributed by atoms with Crippen LogP contribution in [0.1, 0.15) is 18.4 Å². The SMILES string of the molecule is OC12C(CN3CCC(F)(F)CC3)=CC=C1Oc1ccnc(-c3ccc(F)cc3)c12. The van der Waals surface area contributed by atoms with E-state index in [1.807, 2.05) is 4.90 Å². The Kier molecular flexibility index (Phi) is 4.08. The summed E-state index contributed by atoms with van der Waals surface area (Å²) in [6, 6.07) is 7.57. The third kappa shape index (κ3) is 2.96. The second kappa shape index (κ2) is 6.43. The molecule has 0 amide bonds. The summed E-state index contributed by atoms with van der Waals surface area (Å²) < 4.78 is 46.2. The van der Waals surface area contributed by atoms with Crippen molar-refractivity contribution in [2.75, 3.05) is 19.6 Å². The predicted molar refractivity (Wildman–Crippen MR) is 101 cm³/mol. The summed E-state index contributed by atoms with van der Waals surface area (Å²) in [6.45, 7) is 0.885. The number of likely N-dealkylation sites (tertiary alicyclic amines) is 1. The zero-order valence-electron chi connectivity index (χ0n) is 15.5. The molecular formula is C22H19F3N2O2. The van der Waals surface area contributed by atoms with Crippen molar-refractivity contribution in [3.05, 3.63) is 71.4 Å². The third-order valence-corrected chi connectivity index (χ3v) is 5.85. The lowest BCUT2D eigenvalue weighted by molar-refractivity contribution is -0.0547. The van der Waals surface area contributed by atoms with Crippen LogP contribution in [0, 0.1) is 5.82 Å². The Labute approximate surface area is 165 Å². The number of alkyl halides is 2. The van der Waals surface area contributed by atoms with Crippen molar-refractivity contribution >= 4 is 0 Å². The normalized spacial score (nSPS) is 25.1. The van der Waals surface area contributed by atoms with Crippen LogP contribution in [0.25, 0.3) is 11.3 Å². The lowest BCUT2D eigenvalue weighted by Crippen LogP contribution is -2.42. The first-order valence-electron chi connectivity index (χ1n) is 9.54. The third-order valence-electron chi connectivity index (χ3n) is 5.85. The second-order valence-corrected chi connectivity index (χ2v) is 7.71. The Balaban J connectivity index is 1.50. The molecule has 1 aromatic heterocycles. The first-order valence-corrected chi connectivity index (χ1v) is 9.54. The lowest BCUT2D eigenvalue weighted by Gasteiger charge is -2.34. The highest BCUT2D eigenvalue weighted by Crippen LogP contribution is 2.53. The van der Waals surface area contributed by atoms with Gasteiger partial charge in [-0.2, -0.15) is 0 Å². The molecular weight excluding hydrogens is 381 g/mol. The molecule has 4 nitrogen and oxygen atoms in total. The maximum Gasteiger partial charge on any atom is 0.250 e. The lowest BCUT2D eigenvalue weighted by atomic mass is 9.85. The van der Waals surface area contributed by atoms with E-state index in [1.54, 1.807) is 36.5 Å². The molecule has 1 atom stereocenters. The van der Waals surface area contributed by atoms with Crippen molar-refractivity contribution in [2.24, 2.45) is 0 Å². The summed E-state index contributed by atoms with van der Waals surface area (Å²) in [5, 5.41) is 11.7. The molecule has 1 aromatic carbocycles. The van der Waals surface area contributed by atoms with Crippen molar-refractivity contribution in [3.63, 3.8) is 0 Å². The largest absolute Gasteiger partial charge is 0.457 e. The van der Waals surface area contributed by atoms with Crippen molar-refractivity contribution in [1.29, 1.82) is 0 Å². The summed E-state index contributed by atoms with van der Waals surface area (Å²) in [5.74, 6) is -2.12. The molecule has 0 radical (unpaired) electrons. The minimum absolute atomic E-state index is 0.186. The number of allylic oxidation sites excluding steroid dienone is 2. The number of pyridine rings is 1. The molecule has 150 valence electrons. The molecule has 3 aliphatic rings. The zero-order chi connectivity index (χ0) is 20.2. The van der Waals surface area contributed by atoms with Crippen molar-refractivity contribution in [1.82, 2.24) is 9.88 Å². The minimum atomic E-state index is -2.62. The summed E-state index contributed by atoms with van der Waals surface area (Å²) in [5.41, 5.74) is 0.821. The molecule has 3 heterocycles. The van der Waals surface area contributed by atoms with Gasteiger partial charge in [0.1, 0.15) is 17.3 Å². The molecule has 1 N–H and O–H groups in total. The first kappa shape index (κ1) is 18.4. The molecule has 1 saturated heterocycles. The van der Waals surface area contributed by atoms with E-state index in [0.717, 1.165) is 0 Å². The molecule has 7 heteroatoms. The quantitative estimate of drug-likeness (QED) is 0.845. The first-order chi connectivity index (χ1) is 13.9. The zero-order valence-corrected chi connectivity index (χ0v) is 15.5. The average Bonchev–Trinajstić information content (AvgIpc) is 3.16. The smallest absolute Gasteiger partial charge is 0.250 e. The van der Waals surface area contributed by atoms with Gasteiger partial charge in [-0.15, -0.1) is 0 Å². The minimum Gasteiger partial charge on any atom is -0.457 e. The summed E-state index contributed by atoms with van der Waals surface area (Å²) in [7, 11) is 0. The van der Waals surface area contributed by atoms with Crippen LogP contribution in [0.2, 0.25) is 0 Å². The van der Waals surface area contributed by atoms with Crippen LogP contribution in [0.5, 0.6) is 5.75 Å². The molecule has 1 fully saturated rings. The van der Waals surface area contributed by atoms with Gasteiger partial charge >= 0.3 is 0 Å². The fraction of sp³-hybridized carbons (Fsp3) is 0.318. The van der Waals surface area contributed by atoms with Crippen molar-refractivity contribution in [3.8, 4) is 17.0 Å². The Morgan fingerprint density at radius 3 is 2.52 bits per heavy atom.